The van der Waals surface area contributed by atoms with Crippen LogP contribution < -0.4 is 0 Å². The average molecular weight is 371 g/mol. The van der Waals surface area contributed by atoms with E-state index in [1.807, 2.05) is 13.8 Å². The zero-order valence-electron chi connectivity index (χ0n) is 18.9. The quantitative estimate of drug-likeness (QED) is 0.283. The molecule has 0 saturated heterocycles. The van der Waals surface area contributed by atoms with E-state index in [1.54, 1.807) is 0 Å². The summed E-state index contributed by atoms with van der Waals surface area (Å²) in [6.07, 6.45) is 15.5. The van der Waals surface area contributed by atoms with Gasteiger partial charge >= 0.3 is 0 Å². The lowest BCUT2D eigenvalue weighted by Gasteiger charge is -2.30. The van der Waals surface area contributed by atoms with E-state index in [4.69, 9.17) is 0 Å². The Morgan fingerprint density at radius 3 is 1.19 bits per heavy atom. The Morgan fingerprint density at radius 2 is 0.885 bits per heavy atom. The summed E-state index contributed by atoms with van der Waals surface area (Å²) >= 11 is 0. The summed E-state index contributed by atoms with van der Waals surface area (Å²) in [5.74, 6) is 1.53. The van der Waals surface area contributed by atoms with Crippen LogP contribution in [0.3, 0.4) is 0 Å². The molecule has 0 radical (unpaired) electrons. The molecule has 2 heteroatoms. The molecule has 4 atom stereocenters. The van der Waals surface area contributed by atoms with E-state index >= 15 is 0 Å². The molecule has 0 spiro atoms. The monoisotopic (exact) mass is 370 g/mol. The van der Waals surface area contributed by atoms with E-state index in [1.165, 1.54) is 51.4 Å². The van der Waals surface area contributed by atoms with Crippen LogP contribution in [-0.4, -0.2) is 21.4 Å². The topological polar surface area (TPSA) is 40.5 Å². The first kappa shape index (κ1) is 25.9. The molecule has 0 fully saturated rings. The molecule has 4 unspecified atom stereocenters. The van der Waals surface area contributed by atoms with Gasteiger partial charge in [0.15, 0.2) is 0 Å². The minimum absolute atomic E-state index is 0.636. The first-order valence-electron chi connectivity index (χ1n) is 11.6. The molecule has 158 valence electrons. The molecule has 0 aromatic heterocycles. The summed E-state index contributed by atoms with van der Waals surface area (Å²) in [7, 11) is 0. The molecule has 0 aliphatic heterocycles. The van der Waals surface area contributed by atoms with E-state index in [9.17, 15) is 10.2 Å². The van der Waals surface area contributed by atoms with Crippen LogP contribution >= 0.6 is 0 Å². The predicted molar refractivity (Wildman–Crippen MR) is 116 cm³/mol. The molecular weight excluding hydrogens is 320 g/mol. The second-order valence-electron chi connectivity index (χ2n) is 9.77. The van der Waals surface area contributed by atoms with Crippen molar-refractivity contribution in [1.82, 2.24) is 0 Å². The van der Waals surface area contributed by atoms with Crippen LogP contribution in [0.25, 0.3) is 0 Å². The molecule has 2 N–H and O–H groups in total. The van der Waals surface area contributed by atoms with Crippen molar-refractivity contribution in [2.45, 2.75) is 143 Å². The zero-order valence-corrected chi connectivity index (χ0v) is 18.9. The van der Waals surface area contributed by atoms with Crippen LogP contribution in [0.5, 0.6) is 0 Å². The van der Waals surface area contributed by atoms with Gasteiger partial charge in [0.25, 0.3) is 0 Å². The summed E-state index contributed by atoms with van der Waals surface area (Å²) in [5.41, 5.74) is -1.27. The highest BCUT2D eigenvalue weighted by molar-refractivity contribution is 4.80. The number of hydrogen-bond donors (Lipinski definition) is 2. The third-order valence-corrected chi connectivity index (χ3v) is 6.13. The summed E-state index contributed by atoms with van der Waals surface area (Å²) in [5, 5.41) is 21.3. The molecule has 0 amide bonds. The van der Waals surface area contributed by atoms with E-state index in [0.717, 1.165) is 37.5 Å². The SMILES string of the molecule is CCCCC(C)CCCC(C)(O)CCC(C)(O)CCCC(C)CCCC. The maximum Gasteiger partial charge on any atom is 0.0620 e. The fourth-order valence-electron chi connectivity index (χ4n) is 3.85. The van der Waals surface area contributed by atoms with Gasteiger partial charge in [-0.15, -0.1) is 0 Å². The molecule has 0 heterocycles. The fraction of sp³-hybridized carbons (Fsp3) is 1.00. The molecule has 0 aliphatic rings. The van der Waals surface area contributed by atoms with Crippen LogP contribution in [0.2, 0.25) is 0 Å². The Morgan fingerprint density at radius 1 is 0.577 bits per heavy atom. The lowest BCUT2D eigenvalue weighted by Crippen LogP contribution is -2.31. The first-order valence-corrected chi connectivity index (χ1v) is 11.6. The Hall–Kier alpha value is -0.0800. The van der Waals surface area contributed by atoms with Crippen LogP contribution in [0.4, 0.5) is 0 Å². The van der Waals surface area contributed by atoms with Crippen LogP contribution in [-0.2, 0) is 0 Å². The van der Waals surface area contributed by atoms with Gasteiger partial charge in [0.2, 0.25) is 0 Å². The highest BCUT2D eigenvalue weighted by atomic mass is 16.3. The van der Waals surface area contributed by atoms with Crippen LogP contribution in [0, 0.1) is 11.8 Å². The van der Waals surface area contributed by atoms with Crippen molar-refractivity contribution in [3.05, 3.63) is 0 Å². The number of hydrogen-bond acceptors (Lipinski definition) is 2. The van der Waals surface area contributed by atoms with Crippen LogP contribution in [0.1, 0.15) is 131 Å². The molecule has 0 saturated carbocycles. The maximum atomic E-state index is 10.7. The third-order valence-electron chi connectivity index (χ3n) is 6.13. The zero-order chi connectivity index (χ0) is 20.1. The van der Waals surface area contributed by atoms with Crippen molar-refractivity contribution < 1.29 is 10.2 Å². The molecule has 2 nitrogen and oxygen atoms in total. The van der Waals surface area contributed by atoms with E-state index in [-0.39, 0.29) is 0 Å². The summed E-state index contributed by atoms with van der Waals surface area (Å²) < 4.78 is 0. The van der Waals surface area contributed by atoms with Crippen LogP contribution in [0.15, 0.2) is 0 Å². The predicted octanol–water partition coefficient (Wildman–Crippen LogP) is 7.26. The van der Waals surface area contributed by atoms with Crippen molar-refractivity contribution in [3.63, 3.8) is 0 Å². The summed E-state index contributed by atoms with van der Waals surface area (Å²) in [6, 6.07) is 0. The highest BCUT2D eigenvalue weighted by Gasteiger charge is 2.27. The van der Waals surface area contributed by atoms with Gasteiger partial charge in [-0.2, -0.15) is 0 Å². The minimum Gasteiger partial charge on any atom is -0.390 e. The Balaban J connectivity index is 3.98. The van der Waals surface area contributed by atoms with Gasteiger partial charge in [0.05, 0.1) is 11.2 Å². The Kier molecular flexibility index (Phi) is 14.0. The smallest absolute Gasteiger partial charge is 0.0620 e. The maximum absolute atomic E-state index is 10.7. The number of aliphatic hydroxyl groups is 2. The largest absolute Gasteiger partial charge is 0.390 e. The molecule has 26 heavy (non-hydrogen) atoms. The standard InChI is InChI=1S/C24H50O2/c1-7-9-13-21(3)15-11-17-23(5,25)19-20-24(6,26)18-12-16-22(4)14-10-8-2/h21-22,25-26H,7-20H2,1-6H3. The summed E-state index contributed by atoms with van der Waals surface area (Å²) in [6.45, 7) is 13.1. The van der Waals surface area contributed by atoms with Crippen molar-refractivity contribution in [3.8, 4) is 0 Å². The van der Waals surface area contributed by atoms with Crippen molar-refractivity contribution in [2.24, 2.45) is 11.8 Å². The van der Waals surface area contributed by atoms with E-state index in [2.05, 4.69) is 27.7 Å². The van der Waals surface area contributed by atoms with Gasteiger partial charge in [-0.05, 0) is 51.4 Å². The lowest BCUT2D eigenvalue weighted by atomic mass is 9.84. The minimum atomic E-state index is -0.636. The normalized spacial score (nSPS) is 18.9. The molecule has 0 bridgehead atoms. The van der Waals surface area contributed by atoms with Crippen molar-refractivity contribution in [1.29, 1.82) is 0 Å². The van der Waals surface area contributed by atoms with Gasteiger partial charge in [-0.3, -0.25) is 0 Å². The fourth-order valence-corrected chi connectivity index (χ4v) is 3.85. The Labute approximate surface area is 165 Å². The van der Waals surface area contributed by atoms with Crippen molar-refractivity contribution >= 4 is 0 Å². The van der Waals surface area contributed by atoms with E-state index in [0.29, 0.717) is 12.8 Å². The summed E-state index contributed by atoms with van der Waals surface area (Å²) in [4.78, 5) is 0. The molecule has 0 aromatic rings. The highest BCUT2D eigenvalue weighted by Crippen LogP contribution is 2.29. The third kappa shape index (κ3) is 15.0. The van der Waals surface area contributed by atoms with Crippen molar-refractivity contribution in [2.75, 3.05) is 0 Å². The average Bonchev–Trinajstić information content (AvgIpc) is 2.56. The molecular formula is C24H50O2. The first-order chi connectivity index (χ1) is 12.1. The second kappa shape index (κ2) is 14.0. The molecule has 0 aliphatic carbocycles. The van der Waals surface area contributed by atoms with Gasteiger partial charge in [0.1, 0.15) is 0 Å². The van der Waals surface area contributed by atoms with Gasteiger partial charge in [0, 0.05) is 0 Å². The number of unbranched alkanes of at least 4 members (excludes halogenated alkanes) is 2. The van der Waals surface area contributed by atoms with E-state index < -0.39 is 11.2 Å². The number of rotatable bonds is 17. The Bertz CT molecular complexity index is 290. The molecule has 0 rings (SSSR count). The van der Waals surface area contributed by atoms with Gasteiger partial charge < -0.3 is 10.2 Å². The second-order valence-corrected chi connectivity index (χ2v) is 9.77. The van der Waals surface area contributed by atoms with Gasteiger partial charge in [-0.1, -0.05) is 91.9 Å². The van der Waals surface area contributed by atoms with Gasteiger partial charge in [-0.25, -0.2) is 0 Å². The lowest BCUT2D eigenvalue weighted by molar-refractivity contribution is -0.0137. The molecule has 0 aromatic carbocycles.